The Hall–Kier alpha value is -3.09. The molecule has 1 aliphatic carbocycles. The van der Waals surface area contributed by atoms with E-state index in [0.717, 1.165) is 29.1 Å². The maximum Gasteiger partial charge on any atom is 0.166 e. The summed E-state index contributed by atoms with van der Waals surface area (Å²) < 4.78 is 13.7. The predicted octanol–water partition coefficient (Wildman–Crippen LogP) is 2.89. The van der Waals surface area contributed by atoms with Crippen molar-refractivity contribution in [3.63, 3.8) is 0 Å². The van der Waals surface area contributed by atoms with E-state index in [-0.39, 0.29) is 11.5 Å². The van der Waals surface area contributed by atoms with E-state index >= 15 is 0 Å². The summed E-state index contributed by atoms with van der Waals surface area (Å²) in [5.41, 5.74) is 15.7. The summed E-state index contributed by atoms with van der Waals surface area (Å²) in [4.78, 5) is 10.5. The molecule has 0 saturated carbocycles. The molecule has 7 heteroatoms. The molecule has 1 aliphatic rings. The topological polar surface area (TPSA) is 92.6 Å². The highest BCUT2D eigenvalue weighted by molar-refractivity contribution is 6.12. The lowest BCUT2D eigenvalue weighted by atomic mass is 9.99. The minimum atomic E-state index is -0.632. The van der Waals surface area contributed by atoms with E-state index in [2.05, 4.69) is 33.7 Å². The van der Waals surface area contributed by atoms with Gasteiger partial charge in [-0.3, -0.25) is 4.99 Å². The zero-order valence-corrected chi connectivity index (χ0v) is 15.6. The minimum Gasteiger partial charge on any atom is -0.399 e. The lowest BCUT2D eigenvalue weighted by molar-refractivity contribution is 0.492. The molecule has 138 valence electrons. The number of nitrogens with two attached hydrogens (primary N) is 2. The third kappa shape index (κ3) is 3.93. The van der Waals surface area contributed by atoms with Crippen molar-refractivity contribution in [2.24, 2.45) is 10.7 Å². The van der Waals surface area contributed by atoms with Crippen LogP contribution in [0.1, 0.15) is 18.9 Å². The van der Waals surface area contributed by atoms with Gasteiger partial charge in [-0.15, -0.1) is 0 Å². The van der Waals surface area contributed by atoms with Crippen LogP contribution in [0.5, 0.6) is 0 Å². The highest BCUT2D eigenvalue weighted by Crippen LogP contribution is 2.26. The third-order valence-electron chi connectivity index (χ3n) is 4.03. The molecule has 0 fully saturated rings. The predicted molar refractivity (Wildman–Crippen MR) is 107 cm³/mol. The van der Waals surface area contributed by atoms with Crippen LogP contribution in [0, 0.1) is 5.82 Å². The zero-order chi connectivity index (χ0) is 19.4. The van der Waals surface area contributed by atoms with Crippen LogP contribution >= 0.6 is 0 Å². The van der Waals surface area contributed by atoms with Crippen LogP contribution < -0.4 is 16.8 Å². The third-order valence-corrected chi connectivity index (χ3v) is 4.03. The summed E-state index contributed by atoms with van der Waals surface area (Å²) in [6.07, 6.45) is 6.62. The molecule has 0 radical (unpaired) electrons. The largest absolute Gasteiger partial charge is 0.399 e. The van der Waals surface area contributed by atoms with Gasteiger partial charge in [-0.1, -0.05) is 13.5 Å². The van der Waals surface area contributed by atoms with E-state index in [1.54, 1.807) is 7.05 Å². The molecule has 0 aromatic carbocycles. The molecule has 0 unspecified atom stereocenters. The maximum atomic E-state index is 13.7. The van der Waals surface area contributed by atoms with Crippen LogP contribution in [0.2, 0.25) is 0 Å². The molecule has 0 saturated heterocycles. The molecule has 0 atom stereocenters. The number of aliphatic imine (C=N–C) groups is 1. The molecule has 0 bridgehead atoms. The van der Waals surface area contributed by atoms with Gasteiger partial charge in [0.25, 0.3) is 0 Å². The number of hydrogen-bond acceptors (Lipinski definition) is 6. The Morgan fingerprint density at radius 2 is 2.08 bits per heavy atom. The van der Waals surface area contributed by atoms with Crippen molar-refractivity contribution >= 4 is 23.0 Å². The Balaban J connectivity index is 2.51. The summed E-state index contributed by atoms with van der Waals surface area (Å²) in [7, 11) is 5.75. The van der Waals surface area contributed by atoms with Crippen molar-refractivity contribution in [1.29, 1.82) is 0 Å². The van der Waals surface area contributed by atoms with Gasteiger partial charge in [-0.2, -0.15) is 0 Å². The molecule has 0 aliphatic heterocycles. The zero-order valence-electron chi connectivity index (χ0n) is 15.6. The summed E-state index contributed by atoms with van der Waals surface area (Å²) in [5, 5.41) is 3.16. The number of nitrogen functional groups attached to an aromatic ring is 1. The SMILES string of the molecule is C=C(N)c1cc(F)c(N)nc1NC1=C/C(=C(/CC)N(C)C)C(=NC)C=C1. The van der Waals surface area contributed by atoms with E-state index in [1.807, 2.05) is 32.3 Å². The number of allylic oxidation sites excluding steroid dienone is 5. The van der Waals surface area contributed by atoms with Crippen LogP contribution in [0.4, 0.5) is 16.0 Å². The first-order chi connectivity index (χ1) is 12.3. The van der Waals surface area contributed by atoms with E-state index in [0.29, 0.717) is 11.4 Å². The molecular weight excluding hydrogens is 331 g/mol. The summed E-state index contributed by atoms with van der Waals surface area (Å²) in [6.45, 7) is 5.76. The molecule has 1 aromatic rings. The van der Waals surface area contributed by atoms with E-state index in [1.165, 1.54) is 6.07 Å². The highest BCUT2D eigenvalue weighted by Gasteiger charge is 2.17. The fraction of sp³-hybridized carbons (Fsp3) is 0.263. The molecular formula is C19H25FN6. The maximum absolute atomic E-state index is 13.7. The average molecular weight is 356 g/mol. The Morgan fingerprint density at radius 3 is 2.62 bits per heavy atom. The fourth-order valence-corrected chi connectivity index (χ4v) is 2.77. The number of hydrogen-bond donors (Lipinski definition) is 3. The molecule has 2 rings (SSSR count). The summed E-state index contributed by atoms with van der Waals surface area (Å²) >= 11 is 0. The van der Waals surface area contributed by atoms with Gasteiger partial charge in [0, 0.05) is 49.4 Å². The fourth-order valence-electron chi connectivity index (χ4n) is 2.77. The van der Waals surface area contributed by atoms with Crippen LogP contribution in [-0.4, -0.2) is 36.7 Å². The van der Waals surface area contributed by atoms with Crippen molar-refractivity contribution < 1.29 is 4.39 Å². The smallest absolute Gasteiger partial charge is 0.166 e. The number of rotatable bonds is 5. The quantitative estimate of drug-likeness (QED) is 0.754. The van der Waals surface area contributed by atoms with Crippen molar-refractivity contribution in [3.05, 3.63) is 59.2 Å². The summed E-state index contributed by atoms with van der Waals surface area (Å²) in [5.74, 6) is -0.481. The number of aromatic nitrogens is 1. The van der Waals surface area contributed by atoms with Gasteiger partial charge in [-0.05, 0) is 30.7 Å². The lowest BCUT2D eigenvalue weighted by Crippen LogP contribution is -2.18. The van der Waals surface area contributed by atoms with Gasteiger partial charge in [-0.25, -0.2) is 9.37 Å². The number of pyridine rings is 1. The number of nitrogens with zero attached hydrogens (tertiary/aromatic N) is 3. The Bertz CT molecular complexity index is 846. The molecule has 0 amide bonds. The van der Waals surface area contributed by atoms with Crippen molar-refractivity contribution in [1.82, 2.24) is 9.88 Å². The first-order valence-corrected chi connectivity index (χ1v) is 8.23. The highest BCUT2D eigenvalue weighted by atomic mass is 19.1. The molecule has 5 N–H and O–H groups in total. The second-order valence-electron chi connectivity index (χ2n) is 6.05. The second kappa shape index (κ2) is 7.86. The minimum absolute atomic E-state index is 0.202. The van der Waals surface area contributed by atoms with Gasteiger partial charge < -0.3 is 21.7 Å². The Morgan fingerprint density at radius 1 is 1.38 bits per heavy atom. The number of halogens is 1. The van der Waals surface area contributed by atoms with Crippen LogP contribution in [0.3, 0.4) is 0 Å². The molecule has 0 spiro atoms. The van der Waals surface area contributed by atoms with E-state index in [4.69, 9.17) is 11.5 Å². The molecule has 6 nitrogen and oxygen atoms in total. The van der Waals surface area contributed by atoms with Crippen LogP contribution in [0.15, 0.2) is 52.8 Å². The molecule has 1 aromatic heterocycles. The van der Waals surface area contributed by atoms with Crippen molar-refractivity contribution in [3.8, 4) is 0 Å². The van der Waals surface area contributed by atoms with Gasteiger partial charge in [0.2, 0.25) is 0 Å². The number of anilines is 2. The first-order valence-electron chi connectivity index (χ1n) is 8.23. The van der Waals surface area contributed by atoms with Crippen molar-refractivity contribution in [2.45, 2.75) is 13.3 Å². The van der Waals surface area contributed by atoms with Gasteiger partial charge in [0.1, 0.15) is 5.82 Å². The van der Waals surface area contributed by atoms with Gasteiger partial charge >= 0.3 is 0 Å². The van der Waals surface area contributed by atoms with Crippen LogP contribution in [0.25, 0.3) is 5.70 Å². The molecule has 1 heterocycles. The number of nitrogens with one attached hydrogen (secondary N) is 1. The standard InChI is InChI=1S/C19H25FN6/c1-6-17(26(4)5)14-9-12(7-8-16(14)23-3)24-19-13(11(2)21)10-15(20)18(22)25-19/h7-10H,2,6,21H2,1,3-5H3,(H3,22,24,25)/b17-14+,23-16?. The normalized spacial score (nSPS) is 17.1. The summed E-state index contributed by atoms with van der Waals surface area (Å²) in [6, 6.07) is 1.23. The van der Waals surface area contributed by atoms with Gasteiger partial charge in [0.05, 0.1) is 5.71 Å². The average Bonchev–Trinajstić information content (AvgIpc) is 2.58. The lowest BCUT2D eigenvalue weighted by Gasteiger charge is -2.22. The Kier molecular flexibility index (Phi) is 5.82. The van der Waals surface area contributed by atoms with E-state index in [9.17, 15) is 4.39 Å². The first kappa shape index (κ1) is 19.2. The van der Waals surface area contributed by atoms with E-state index < -0.39 is 5.82 Å². The van der Waals surface area contributed by atoms with Crippen LogP contribution in [-0.2, 0) is 0 Å². The van der Waals surface area contributed by atoms with Gasteiger partial charge in [0.15, 0.2) is 11.6 Å². The second-order valence-corrected chi connectivity index (χ2v) is 6.05. The monoisotopic (exact) mass is 356 g/mol. The molecule has 26 heavy (non-hydrogen) atoms. The Labute approximate surface area is 153 Å². The van der Waals surface area contributed by atoms with Crippen molar-refractivity contribution in [2.75, 3.05) is 32.2 Å².